The Morgan fingerprint density at radius 1 is 0.682 bits per heavy atom. The van der Waals surface area contributed by atoms with Crippen molar-refractivity contribution in [2.24, 2.45) is 10.8 Å². The predicted molar refractivity (Wildman–Crippen MR) is 90.5 cm³/mol. The number of hydrogen-bond acceptors (Lipinski definition) is 4. The molecular weight excluding hydrogens is 278 g/mol. The minimum absolute atomic E-state index is 0.0869. The Bertz CT molecular complexity index is 362. The highest BCUT2D eigenvalue weighted by molar-refractivity contribution is 6.61. The predicted octanol–water partition coefficient (Wildman–Crippen LogP) is 3.30. The quantitative estimate of drug-likeness (QED) is 0.747. The Hall–Kier alpha value is -0.290. The van der Waals surface area contributed by atoms with E-state index in [1.807, 2.05) is 0 Å². The van der Waals surface area contributed by atoms with Gasteiger partial charge in [0.25, 0.3) is 0 Å². The monoisotopic (exact) mass is 308 g/mol. The van der Waals surface area contributed by atoms with Crippen molar-refractivity contribution in [3.05, 3.63) is 10.9 Å². The molecule has 0 saturated carbocycles. The zero-order chi connectivity index (χ0) is 16.4. The highest BCUT2D eigenvalue weighted by Gasteiger charge is 2.40. The third-order valence-corrected chi connectivity index (χ3v) is 4.25. The van der Waals surface area contributed by atoms with E-state index in [4.69, 9.17) is 18.6 Å². The SMILES string of the molecule is CC/C(B1OCC(C)(C)CO1)=C(\CC)B1OCC(C)(C)CO1. The third-order valence-electron chi connectivity index (χ3n) is 4.25. The molecule has 0 aromatic carbocycles. The second kappa shape index (κ2) is 7.08. The van der Waals surface area contributed by atoms with Crippen LogP contribution in [0.5, 0.6) is 0 Å². The largest absolute Gasteiger partial charge is 0.488 e. The molecule has 0 N–H and O–H groups in total. The molecule has 0 atom stereocenters. The Kier molecular flexibility index (Phi) is 5.81. The van der Waals surface area contributed by atoms with Crippen LogP contribution < -0.4 is 0 Å². The van der Waals surface area contributed by atoms with Crippen LogP contribution in [0.2, 0.25) is 0 Å². The highest BCUT2D eigenvalue weighted by Crippen LogP contribution is 2.30. The first kappa shape index (κ1) is 18.1. The van der Waals surface area contributed by atoms with E-state index in [1.165, 1.54) is 10.9 Å². The van der Waals surface area contributed by atoms with E-state index < -0.39 is 0 Å². The summed E-state index contributed by atoms with van der Waals surface area (Å²) in [4.78, 5) is 0. The summed E-state index contributed by atoms with van der Waals surface area (Å²) in [5, 5.41) is 0. The smallest absolute Gasteiger partial charge is 0.407 e. The van der Waals surface area contributed by atoms with Gasteiger partial charge in [0, 0.05) is 37.3 Å². The van der Waals surface area contributed by atoms with Crippen LogP contribution in [0.25, 0.3) is 0 Å². The summed E-state index contributed by atoms with van der Waals surface area (Å²) < 4.78 is 23.9. The molecular formula is C16H30B2O4. The van der Waals surface area contributed by atoms with E-state index in [0.717, 1.165) is 39.3 Å². The highest BCUT2D eigenvalue weighted by atomic mass is 16.6. The van der Waals surface area contributed by atoms with E-state index >= 15 is 0 Å². The second-order valence-corrected chi connectivity index (χ2v) is 7.99. The van der Waals surface area contributed by atoms with Crippen LogP contribution in [-0.4, -0.2) is 40.7 Å². The van der Waals surface area contributed by atoms with Crippen molar-refractivity contribution in [3.63, 3.8) is 0 Å². The fourth-order valence-electron chi connectivity index (χ4n) is 2.88. The first-order valence-corrected chi connectivity index (χ1v) is 8.46. The zero-order valence-electron chi connectivity index (χ0n) is 15.0. The molecule has 2 aliphatic rings. The fraction of sp³-hybridized carbons (Fsp3) is 0.875. The third kappa shape index (κ3) is 4.38. The minimum atomic E-state index is -0.255. The van der Waals surface area contributed by atoms with Gasteiger partial charge in [0.05, 0.1) is 0 Å². The van der Waals surface area contributed by atoms with Gasteiger partial charge in [-0.05, 0) is 23.8 Å². The summed E-state index contributed by atoms with van der Waals surface area (Å²) in [6.45, 7) is 15.8. The molecule has 0 aromatic heterocycles. The molecule has 0 amide bonds. The maximum absolute atomic E-state index is 5.97. The number of rotatable bonds is 4. The molecule has 0 spiro atoms. The van der Waals surface area contributed by atoms with Gasteiger partial charge in [-0.15, -0.1) is 0 Å². The second-order valence-electron chi connectivity index (χ2n) is 7.99. The Morgan fingerprint density at radius 3 is 1.18 bits per heavy atom. The van der Waals surface area contributed by atoms with E-state index in [9.17, 15) is 0 Å². The van der Waals surface area contributed by atoms with E-state index in [-0.39, 0.29) is 25.1 Å². The molecule has 0 radical (unpaired) electrons. The topological polar surface area (TPSA) is 36.9 Å². The molecule has 124 valence electrons. The van der Waals surface area contributed by atoms with Crippen molar-refractivity contribution in [3.8, 4) is 0 Å². The zero-order valence-corrected chi connectivity index (χ0v) is 15.0. The summed E-state index contributed by atoms with van der Waals surface area (Å²) in [5.41, 5.74) is 2.54. The van der Waals surface area contributed by atoms with Crippen LogP contribution in [0, 0.1) is 10.8 Å². The van der Waals surface area contributed by atoms with E-state index in [0.29, 0.717) is 0 Å². The van der Waals surface area contributed by atoms with Gasteiger partial charge in [-0.25, -0.2) is 0 Å². The molecule has 2 rings (SSSR count). The van der Waals surface area contributed by atoms with Gasteiger partial charge in [-0.2, -0.15) is 0 Å². The molecule has 4 nitrogen and oxygen atoms in total. The van der Waals surface area contributed by atoms with Crippen molar-refractivity contribution in [2.45, 2.75) is 54.4 Å². The van der Waals surface area contributed by atoms with Crippen molar-refractivity contribution in [1.82, 2.24) is 0 Å². The minimum Gasteiger partial charge on any atom is -0.407 e. The number of hydrogen-bond donors (Lipinski definition) is 0. The lowest BCUT2D eigenvalue weighted by atomic mass is 9.61. The first-order chi connectivity index (χ1) is 10.3. The van der Waals surface area contributed by atoms with Gasteiger partial charge in [0.15, 0.2) is 0 Å². The lowest BCUT2D eigenvalue weighted by molar-refractivity contribution is 0.0289. The van der Waals surface area contributed by atoms with Gasteiger partial charge in [-0.3, -0.25) is 0 Å². The van der Waals surface area contributed by atoms with Crippen LogP contribution in [-0.2, 0) is 18.6 Å². The maximum Gasteiger partial charge on any atom is 0.488 e. The molecule has 2 heterocycles. The normalized spacial score (nSPS) is 25.9. The lowest BCUT2D eigenvalue weighted by Gasteiger charge is -2.37. The fourth-order valence-corrected chi connectivity index (χ4v) is 2.88. The van der Waals surface area contributed by atoms with Crippen LogP contribution in [0.4, 0.5) is 0 Å². The first-order valence-electron chi connectivity index (χ1n) is 8.46. The van der Waals surface area contributed by atoms with Gasteiger partial charge in [0.1, 0.15) is 0 Å². The van der Waals surface area contributed by atoms with Crippen LogP contribution in [0.15, 0.2) is 10.9 Å². The van der Waals surface area contributed by atoms with E-state index in [2.05, 4.69) is 41.5 Å². The molecule has 6 heteroatoms. The summed E-state index contributed by atoms with van der Waals surface area (Å²) in [5.74, 6) is 0. The summed E-state index contributed by atoms with van der Waals surface area (Å²) in [7, 11) is -0.509. The Labute approximate surface area is 136 Å². The molecule has 2 aliphatic heterocycles. The van der Waals surface area contributed by atoms with Crippen LogP contribution in [0.1, 0.15) is 54.4 Å². The molecule has 22 heavy (non-hydrogen) atoms. The standard InChI is InChI=1S/C16H30B2O4/c1-7-13(17-19-9-15(3,4)10-20-17)14(8-2)18-21-11-16(5,6)12-22-18/h7-12H2,1-6H3/b14-13-. The van der Waals surface area contributed by atoms with Gasteiger partial charge in [0.2, 0.25) is 0 Å². The summed E-state index contributed by atoms with van der Waals surface area (Å²) in [6, 6.07) is 0. The average Bonchev–Trinajstić information content (AvgIpc) is 2.46. The van der Waals surface area contributed by atoms with Crippen molar-refractivity contribution >= 4 is 14.2 Å². The van der Waals surface area contributed by atoms with Crippen molar-refractivity contribution in [1.29, 1.82) is 0 Å². The molecule has 2 saturated heterocycles. The molecule has 0 aromatic rings. The molecule has 0 bridgehead atoms. The summed E-state index contributed by atoms with van der Waals surface area (Å²) in [6.07, 6.45) is 1.78. The number of allylic oxidation sites excluding steroid dienone is 2. The summed E-state index contributed by atoms with van der Waals surface area (Å²) >= 11 is 0. The maximum atomic E-state index is 5.97. The Balaban J connectivity index is 2.12. The average molecular weight is 308 g/mol. The van der Waals surface area contributed by atoms with Gasteiger partial charge >= 0.3 is 14.2 Å². The molecule has 0 aliphatic carbocycles. The van der Waals surface area contributed by atoms with Gasteiger partial charge < -0.3 is 18.6 Å². The molecule has 0 unspecified atom stereocenters. The van der Waals surface area contributed by atoms with Gasteiger partial charge in [-0.1, -0.05) is 41.5 Å². The van der Waals surface area contributed by atoms with Crippen LogP contribution in [0.3, 0.4) is 0 Å². The van der Waals surface area contributed by atoms with Crippen molar-refractivity contribution in [2.75, 3.05) is 26.4 Å². The van der Waals surface area contributed by atoms with E-state index in [1.54, 1.807) is 0 Å². The lowest BCUT2D eigenvalue weighted by Crippen LogP contribution is -2.45. The van der Waals surface area contributed by atoms with Crippen LogP contribution >= 0.6 is 0 Å². The van der Waals surface area contributed by atoms with Crippen molar-refractivity contribution < 1.29 is 18.6 Å². The molecule has 2 fully saturated rings. The Morgan fingerprint density at radius 2 is 0.955 bits per heavy atom.